The van der Waals surface area contributed by atoms with Gasteiger partial charge in [-0.15, -0.1) is 0 Å². The van der Waals surface area contributed by atoms with Crippen LogP contribution in [0.15, 0.2) is 30.5 Å². The van der Waals surface area contributed by atoms with Crippen molar-refractivity contribution in [1.82, 2.24) is 15.4 Å². The number of aromatic nitrogens is 1. The number of methoxy groups -OCH3 is 1. The van der Waals surface area contributed by atoms with Crippen molar-refractivity contribution in [1.29, 1.82) is 0 Å². The second kappa shape index (κ2) is 8.75. The molecule has 0 bridgehead atoms. The molecule has 1 aliphatic rings. The highest BCUT2D eigenvalue weighted by atomic mass is 16.6. The third kappa shape index (κ3) is 4.66. The zero-order valence-corrected chi connectivity index (χ0v) is 14.4. The fraction of sp³-hybridized carbons (Fsp3) is 0.444. The number of rotatable bonds is 7. The summed E-state index contributed by atoms with van der Waals surface area (Å²) in [4.78, 5) is 24.3. The van der Waals surface area contributed by atoms with Gasteiger partial charge in [0, 0.05) is 37.3 Å². The minimum absolute atomic E-state index is 0.325. The first-order valence-electron chi connectivity index (χ1n) is 8.43. The van der Waals surface area contributed by atoms with E-state index >= 15 is 0 Å². The topological polar surface area (TPSA) is 72.9 Å². The van der Waals surface area contributed by atoms with Gasteiger partial charge in [-0.25, -0.2) is 5.48 Å². The highest BCUT2D eigenvalue weighted by Gasteiger charge is 2.14. The van der Waals surface area contributed by atoms with Gasteiger partial charge < -0.3 is 9.47 Å². The molecule has 2 heterocycles. The molecule has 0 radical (unpaired) electrons. The maximum absolute atomic E-state index is 12.4. The summed E-state index contributed by atoms with van der Waals surface area (Å²) in [7, 11) is 1.53. The highest BCUT2D eigenvalue weighted by Crippen LogP contribution is 2.24. The van der Waals surface area contributed by atoms with Crippen LogP contribution in [0.5, 0.6) is 5.75 Å². The Balaban J connectivity index is 1.51. The summed E-state index contributed by atoms with van der Waals surface area (Å²) in [6.45, 7) is 4.87. The summed E-state index contributed by atoms with van der Waals surface area (Å²) < 4.78 is 10.6. The summed E-state index contributed by atoms with van der Waals surface area (Å²) in [5.74, 6) is 0.148. The van der Waals surface area contributed by atoms with Crippen LogP contribution in [0.1, 0.15) is 16.8 Å². The molecule has 1 aromatic heterocycles. The highest BCUT2D eigenvalue weighted by molar-refractivity contribution is 6.00. The van der Waals surface area contributed by atoms with Crippen LogP contribution in [0.4, 0.5) is 0 Å². The van der Waals surface area contributed by atoms with Crippen molar-refractivity contribution >= 4 is 16.8 Å². The number of morpholine rings is 1. The Kier molecular flexibility index (Phi) is 6.16. The number of carbonyl (C=O) groups is 1. The quantitative estimate of drug-likeness (QED) is 0.607. The van der Waals surface area contributed by atoms with Crippen molar-refractivity contribution in [2.24, 2.45) is 0 Å². The van der Waals surface area contributed by atoms with Crippen molar-refractivity contribution < 1.29 is 19.1 Å². The van der Waals surface area contributed by atoms with Gasteiger partial charge in [-0.05, 0) is 18.6 Å². The fourth-order valence-corrected chi connectivity index (χ4v) is 2.80. The summed E-state index contributed by atoms with van der Waals surface area (Å²) in [6, 6.07) is 7.25. The molecule has 2 aromatic rings. The smallest absolute Gasteiger partial charge is 0.278 e. The SMILES string of the molecule is COc1cc2ncccc2cc1C(=O)NOCCCN1CCOCC1. The largest absolute Gasteiger partial charge is 0.496 e. The van der Waals surface area contributed by atoms with Gasteiger partial charge in [-0.1, -0.05) is 6.07 Å². The lowest BCUT2D eigenvalue weighted by atomic mass is 10.1. The summed E-state index contributed by atoms with van der Waals surface area (Å²) in [5, 5.41) is 0.876. The summed E-state index contributed by atoms with van der Waals surface area (Å²) in [6.07, 6.45) is 2.55. The van der Waals surface area contributed by atoms with Crippen LogP contribution in [0, 0.1) is 0 Å². The van der Waals surface area contributed by atoms with Crippen molar-refractivity contribution in [3.05, 3.63) is 36.0 Å². The van der Waals surface area contributed by atoms with Crippen LogP contribution in [-0.4, -0.2) is 62.4 Å². The number of hydrogen-bond acceptors (Lipinski definition) is 6. The second-order valence-electron chi connectivity index (χ2n) is 5.84. The number of fused-ring (bicyclic) bond motifs is 1. The number of nitrogens with one attached hydrogen (secondary N) is 1. The molecule has 134 valence electrons. The van der Waals surface area contributed by atoms with Gasteiger partial charge in [0.25, 0.3) is 5.91 Å². The molecule has 1 N–H and O–H groups in total. The van der Waals surface area contributed by atoms with Crippen molar-refractivity contribution in [3.8, 4) is 5.75 Å². The Labute approximate surface area is 146 Å². The molecular weight excluding hydrogens is 322 g/mol. The molecule has 7 heteroatoms. The number of benzene rings is 1. The fourth-order valence-electron chi connectivity index (χ4n) is 2.80. The van der Waals surface area contributed by atoms with Crippen molar-refractivity contribution in [2.75, 3.05) is 46.6 Å². The van der Waals surface area contributed by atoms with E-state index in [2.05, 4.69) is 15.4 Å². The van der Waals surface area contributed by atoms with E-state index in [1.54, 1.807) is 18.3 Å². The molecule has 7 nitrogen and oxygen atoms in total. The number of nitrogens with zero attached hydrogens (tertiary/aromatic N) is 2. The molecule has 3 rings (SSSR count). The molecule has 0 aliphatic carbocycles. The molecule has 1 aliphatic heterocycles. The Hall–Kier alpha value is -2.22. The molecule has 0 saturated carbocycles. The van der Waals surface area contributed by atoms with E-state index in [4.69, 9.17) is 14.3 Å². The number of amides is 1. The average Bonchev–Trinajstić information content (AvgIpc) is 2.67. The first kappa shape index (κ1) is 17.6. The second-order valence-corrected chi connectivity index (χ2v) is 5.84. The molecule has 0 atom stereocenters. The minimum atomic E-state index is -0.325. The average molecular weight is 345 g/mol. The zero-order chi connectivity index (χ0) is 17.5. The molecule has 0 unspecified atom stereocenters. The molecule has 1 fully saturated rings. The van der Waals surface area contributed by atoms with E-state index in [1.165, 1.54) is 7.11 Å². The number of pyridine rings is 1. The lowest BCUT2D eigenvalue weighted by molar-refractivity contribution is 0.0152. The number of ether oxygens (including phenoxy) is 2. The van der Waals surface area contributed by atoms with Crippen LogP contribution in [-0.2, 0) is 9.57 Å². The molecule has 1 saturated heterocycles. The van der Waals surface area contributed by atoms with Crippen LogP contribution in [0.2, 0.25) is 0 Å². The first-order chi connectivity index (χ1) is 12.3. The predicted molar refractivity (Wildman–Crippen MR) is 93.6 cm³/mol. The lowest BCUT2D eigenvalue weighted by Crippen LogP contribution is -2.37. The van der Waals surface area contributed by atoms with Gasteiger partial charge in [-0.3, -0.25) is 19.5 Å². The molecule has 25 heavy (non-hydrogen) atoms. The van der Waals surface area contributed by atoms with E-state index in [-0.39, 0.29) is 5.91 Å². The Morgan fingerprint density at radius 1 is 1.36 bits per heavy atom. The van der Waals surface area contributed by atoms with Crippen LogP contribution >= 0.6 is 0 Å². The van der Waals surface area contributed by atoms with E-state index in [0.717, 1.165) is 50.2 Å². The normalized spacial score (nSPS) is 15.2. The molecule has 0 spiro atoms. The van der Waals surface area contributed by atoms with Crippen LogP contribution < -0.4 is 10.2 Å². The van der Waals surface area contributed by atoms with Gasteiger partial charge in [0.05, 0.1) is 38.0 Å². The van der Waals surface area contributed by atoms with Gasteiger partial charge >= 0.3 is 0 Å². The lowest BCUT2D eigenvalue weighted by Gasteiger charge is -2.26. The summed E-state index contributed by atoms with van der Waals surface area (Å²) >= 11 is 0. The molecule has 1 amide bonds. The maximum atomic E-state index is 12.4. The number of hydroxylamine groups is 1. The zero-order valence-electron chi connectivity index (χ0n) is 14.4. The third-order valence-corrected chi connectivity index (χ3v) is 4.16. The van der Waals surface area contributed by atoms with Crippen LogP contribution in [0.25, 0.3) is 10.9 Å². The first-order valence-corrected chi connectivity index (χ1v) is 8.43. The standard InChI is InChI=1S/C18H23N3O4/c1-23-17-13-16-14(4-2-5-19-16)12-15(17)18(22)20-25-9-3-6-21-7-10-24-11-8-21/h2,4-5,12-13H,3,6-11H2,1H3,(H,20,22). The Bertz CT molecular complexity index is 717. The van der Waals surface area contributed by atoms with E-state index in [0.29, 0.717) is 17.9 Å². The Morgan fingerprint density at radius 3 is 3.00 bits per heavy atom. The number of hydrogen-bond donors (Lipinski definition) is 1. The van der Waals surface area contributed by atoms with E-state index < -0.39 is 0 Å². The monoisotopic (exact) mass is 345 g/mol. The molecular formula is C18H23N3O4. The van der Waals surface area contributed by atoms with E-state index in [1.807, 2.05) is 12.1 Å². The van der Waals surface area contributed by atoms with E-state index in [9.17, 15) is 4.79 Å². The van der Waals surface area contributed by atoms with Crippen molar-refractivity contribution in [3.63, 3.8) is 0 Å². The number of carbonyl (C=O) groups excluding carboxylic acids is 1. The van der Waals surface area contributed by atoms with Gasteiger partial charge in [-0.2, -0.15) is 0 Å². The van der Waals surface area contributed by atoms with Gasteiger partial charge in [0.1, 0.15) is 5.75 Å². The third-order valence-electron chi connectivity index (χ3n) is 4.16. The Morgan fingerprint density at radius 2 is 2.20 bits per heavy atom. The van der Waals surface area contributed by atoms with Gasteiger partial charge in [0.2, 0.25) is 0 Å². The van der Waals surface area contributed by atoms with Crippen LogP contribution in [0.3, 0.4) is 0 Å². The predicted octanol–water partition coefficient (Wildman–Crippen LogP) is 1.63. The minimum Gasteiger partial charge on any atom is -0.496 e. The molecule has 1 aromatic carbocycles. The van der Waals surface area contributed by atoms with Crippen molar-refractivity contribution in [2.45, 2.75) is 6.42 Å². The summed E-state index contributed by atoms with van der Waals surface area (Å²) in [5.41, 5.74) is 3.70. The maximum Gasteiger partial charge on any atom is 0.278 e. The van der Waals surface area contributed by atoms with Gasteiger partial charge in [0.15, 0.2) is 0 Å².